The molecule has 1 aromatic heterocycles. The summed E-state index contributed by atoms with van der Waals surface area (Å²) in [7, 11) is 0. The van der Waals surface area contributed by atoms with E-state index in [0.29, 0.717) is 21.3 Å². The number of non-ortho nitro benzene ring substituents is 1. The number of carbonyl (C=O) groups excluding carboxylic acids is 1. The Morgan fingerprint density at radius 1 is 1.06 bits per heavy atom. The summed E-state index contributed by atoms with van der Waals surface area (Å²) in [5.41, 5.74) is 1.21. The Labute approximate surface area is 180 Å². The standard InChI is InChI=1S/C22H15FN4O3S/c23-18-3-1-2-4-20(18)31-19-10-9-16(27(29)30)13-17(19)22(28)26-15-7-5-14(6-8-15)21-24-11-12-25-21/h1-13H,(H,24,25)(H,26,28). The number of imidazole rings is 1. The van der Waals surface area contributed by atoms with Gasteiger partial charge in [-0.15, -0.1) is 0 Å². The minimum Gasteiger partial charge on any atom is -0.345 e. The van der Waals surface area contributed by atoms with Gasteiger partial charge in [-0.05, 0) is 42.5 Å². The van der Waals surface area contributed by atoms with E-state index in [2.05, 4.69) is 15.3 Å². The first-order chi connectivity index (χ1) is 15.0. The molecular formula is C22H15FN4O3S. The highest BCUT2D eigenvalue weighted by molar-refractivity contribution is 7.99. The zero-order chi connectivity index (χ0) is 21.8. The van der Waals surface area contributed by atoms with Crippen molar-refractivity contribution in [2.24, 2.45) is 0 Å². The average molecular weight is 434 g/mol. The molecule has 0 atom stereocenters. The van der Waals surface area contributed by atoms with Gasteiger partial charge in [0.2, 0.25) is 0 Å². The van der Waals surface area contributed by atoms with Gasteiger partial charge in [-0.1, -0.05) is 23.9 Å². The zero-order valence-corrected chi connectivity index (χ0v) is 16.7. The number of halogens is 1. The van der Waals surface area contributed by atoms with Crippen LogP contribution in [0.3, 0.4) is 0 Å². The highest BCUT2D eigenvalue weighted by Crippen LogP contribution is 2.34. The summed E-state index contributed by atoms with van der Waals surface area (Å²) in [6, 6.07) is 17.1. The summed E-state index contributed by atoms with van der Waals surface area (Å²) >= 11 is 1.03. The molecule has 0 saturated carbocycles. The van der Waals surface area contributed by atoms with Gasteiger partial charge in [0.25, 0.3) is 11.6 Å². The first-order valence-corrected chi connectivity index (χ1v) is 9.95. The minimum atomic E-state index is -0.577. The third kappa shape index (κ3) is 4.62. The van der Waals surface area contributed by atoms with Gasteiger partial charge < -0.3 is 10.3 Å². The van der Waals surface area contributed by atoms with Crippen LogP contribution in [0.5, 0.6) is 0 Å². The summed E-state index contributed by atoms with van der Waals surface area (Å²) in [5, 5.41) is 13.9. The first kappa shape index (κ1) is 20.3. The number of aromatic amines is 1. The second-order valence-electron chi connectivity index (χ2n) is 6.44. The van der Waals surface area contributed by atoms with Crippen LogP contribution in [0.2, 0.25) is 0 Å². The summed E-state index contributed by atoms with van der Waals surface area (Å²) < 4.78 is 14.1. The lowest BCUT2D eigenvalue weighted by Gasteiger charge is -2.11. The average Bonchev–Trinajstić information content (AvgIpc) is 3.31. The van der Waals surface area contributed by atoms with Gasteiger partial charge in [-0.25, -0.2) is 9.37 Å². The van der Waals surface area contributed by atoms with E-state index in [0.717, 1.165) is 17.3 Å². The lowest BCUT2D eigenvalue weighted by Crippen LogP contribution is -2.13. The number of anilines is 1. The Balaban J connectivity index is 1.62. The fraction of sp³-hybridized carbons (Fsp3) is 0. The van der Waals surface area contributed by atoms with Crippen molar-refractivity contribution < 1.29 is 14.1 Å². The molecule has 0 aliphatic carbocycles. The molecule has 4 rings (SSSR count). The Kier molecular flexibility index (Phi) is 5.76. The van der Waals surface area contributed by atoms with Crippen LogP contribution in [0, 0.1) is 15.9 Å². The molecule has 9 heteroatoms. The molecule has 1 heterocycles. The molecule has 2 N–H and O–H groups in total. The van der Waals surface area contributed by atoms with E-state index in [1.807, 2.05) is 0 Å². The number of aromatic nitrogens is 2. The van der Waals surface area contributed by atoms with Crippen LogP contribution in [0.25, 0.3) is 11.4 Å². The molecule has 1 amide bonds. The molecule has 7 nitrogen and oxygen atoms in total. The van der Waals surface area contributed by atoms with Gasteiger partial charge in [-0.2, -0.15) is 0 Å². The highest BCUT2D eigenvalue weighted by Gasteiger charge is 2.19. The van der Waals surface area contributed by atoms with Crippen molar-refractivity contribution in [1.29, 1.82) is 0 Å². The van der Waals surface area contributed by atoms with Crippen molar-refractivity contribution in [3.63, 3.8) is 0 Å². The lowest BCUT2D eigenvalue weighted by molar-refractivity contribution is -0.384. The van der Waals surface area contributed by atoms with Crippen LogP contribution >= 0.6 is 11.8 Å². The fourth-order valence-electron chi connectivity index (χ4n) is 2.88. The number of nitrogens with one attached hydrogen (secondary N) is 2. The summed E-state index contributed by atoms with van der Waals surface area (Å²) in [5.74, 6) is -0.279. The molecule has 31 heavy (non-hydrogen) atoms. The van der Waals surface area contributed by atoms with Gasteiger partial charge in [0.05, 0.1) is 10.5 Å². The fourth-order valence-corrected chi connectivity index (χ4v) is 3.82. The number of nitro benzene ring substituents is 1. The normalized spacial score (nSPS) is 10.6. The number of benzene rings is 3. The van der Waals surface area contributed by atoms with Gasteiger partial charge in [0.1, 0.15) is 11.6 Å². The zero-order valence-electron chi connectivity index (χ0n) is 15.9. The van der Waals surface area contributed by atoms with Gasteiger partial charge in [0, 0.05) is 45.6 Å². The summed E-state index contributed by atoms with van der Waals surface area (Å²) in [4.78, 5) is 31.4. The molecule has 0 fully saturated rings. The summed E-state index contributed by atoms with van der Waals surface area (Å²) in [6.45, 7) is 0. The van der Waals surface area contributed by atoms with E-state index in [1.165, 1.54) is 24.3 Å². The maximum Gasteiger partial charge on any atom is 0.270 e. The Hall–Kier alpha value is -3.98. The van der Waals surface area contributed by atoms with Crippen LogP contribution in [-0.4, -0.2) is 20.8 Å². The topological polar surface area (TPSA) is 101 Å². The van der Waals surface area contributed by atoms with Gasteiger partial charge in [-0.3, -0.25) is 14.9 Å². The van der Waals surface area contributed by atoms with E-state index < -0.39 is 16.6 Å². The van der Waals surface area contributed by atoms with Crippen molar-refractivity contribution in [3.05, 3.63) is 101 Å². The quantitative estimate of drug-likeness (QED) is 0.307. The summed E-state index contributed by atoms with van der Waals surface area (Å²) in [6.07, 6.45) is 3.35. The molecule has 0 aliphatic rings. The molecule has 0 aliphatic heterocycles. The monoisotopic (exact) mass is 434 g/mol. The van der Waals surface area contributed by atoms with Crippen molar-refractivity contribution in [1.82, 2.24) is 9.97 Å². The third-order valence-corrected chi connectivity index (χ3v) is 5.52. The molecule has 0 spiro atoms. The van der Waals surface area contributed by atoms with Crippen LogP contribution in [0.1, 0.15) is 10.4 Å². The van der Waals surface area contributed by atoms with Crippen molar-refractivity contribution >= 4 is 29.0 Å². The SMILES string of the molecule is O=C(Nc1ccc(-c2ncc[nH]2)cc1)c1cc([N+](=O)[O-])ccc1Sc1ccccc1F. The number of hydrogen-bond donors (Lipinski definition) is 2. The molecule has 3 aromatic carbocycles. The van der Waals surface area contributed by atoms with Crippen LogP contribution in [-0.2, 0) is 0 Å². The maximum atomic E-state index is 14.1. The maximum absolute atomic E-state index is 14.1. The van der Waals surface area contributed by atoms with Crippen molar-refractivity contribution in [2.45, 2.75) is 9.79 Å². The molecule has 0 bridgehead atoms. The van der Waals surface area contributed by atoms with Crippen LogP contribution in [0.4, 0.5) is 15.8 Å². The van der Waals surface area contributed by atoms with E-state index >= 15 is 0 Å². The van der Waals surface area contributed by atoms with E-state index in [4.69, 9.17) is 0 Å². The van der Waals surface area contributed by atoms with E-state index in [1.54, 1.807) is 54.9 Å². The second-order valence-corrected chi connectivity index (χ2v) is 7.52. The predicted molar refractivity (Wildman–Crippen MR) is 116 cm³/mol. The predicted octanol–water partition coefficient (Wildman–Crippen LogP) is 5.53. The molecular weight excluding hydrogens is 419 g/mol. The number of rotatable bonds is 6. The minimum absolute atomic E-state index is 0.0811. The first-order valence-electron chi connectivity index (χ1n) is 9.13. The molecule has 4 aromatic rings. The van der Waals surface area contributed by atoms with Crippen LogP contribution < -0.4 is 5.32 Å². The molecule has 0 radical (unpaired) electrons. The number of nitrogens with zero attached hydrogens (tertiary/aromatic N) is 2. The lowest BCUT2D eigenvalue weighted by atomic mass is 10.1. The molecule has 0 saturated heterocycles. The number of carbonyl (C=O) groups is 1. The number of H-pyrrole nitrogens is 1. The Morgan fingerprint density at radius 3 is 2.52 bits per heavy atom. The third-order valence-electron chi connectivity index (χ3n) is 4.39. The number of nitro groups is 1. The number of hydrogen-bond acceptors (Lipinski definition) is 5. The Bertz CT molecular complexity index is 1240. The molecule has 154 valence electrons. The largest absolute Gasteiger partial charge is 0.345 e. The highest BCUT2D eigenvalue weighted by atomic mass is 32.2. The van der Waals surface area contributed by atoms with E-state index in [9.17, 15) is 19.3 Å². The van der Waals surface area contributed by atoms with E-state index in [-0.39, 0.29) is 11.3 Å². The van der Waals surface area contributed by atoms with Gasteiger partial charge >= 0.3 is 0 Å². The van der Waals surface area contributed by atoms with Gasteiger partial charge in [0.15, 0.2) is 0 Å². The van der Waals surface area contributed by atoms with Crippen LogP contribution in [0.15, 0.2) is 88.9 Å². The van der Waals surface area contributed by atoms with Crippen molar-refractivity contribution in [2.75, 3.05) is 5.32 Å². The second kappa shape index (κ2) is 8.80. The Morgan fingerprint density at radius 2 is 1.84 bits per heavy atom. The number of amides is 1. The smallest absolute Gasteiger partial charge is 0.270 e. The van der Waals surface area contributed by atoms with Crippen molar-refractivity contribution in [3.8, 4) is 11.4 Å². The molecule has 0 unspecified atom stereocenters.